The van der Waals surface area contributed by atoms with Crippen molar-refractivity contribution in [3.63, 3.8) is 0 Å². The molecule has 0 spiro atoms. The first kappa shape index (κ1) is 27.4. The summed E-state index contributed by atoms with van der Waals surface area (Å²) >= 11 is 0. The molecule has 0 radical (unpaired) electrons. The first-order valence-corrected chi connectivity index (χ1v) is 12.6. The molecule has 3 aromatic carbocycles. The largest absolute Gasteiger partial charge is 0.534 e. The number of benzene rings is 3. The van der Waals surface area contributed by atoms with Gasteiger partial charge in [0.15, 0.2) is 5.75 Å². The molecule has 0 aliphatic rings. The Balaban J connectivity index is 2.14. The summed E-state index contributed by atoms with van der Waals surface area (Å²) < 4.78 is 79.4. The highest BCUT2D eigenvalue weighted by Gasteiger charge is 2.49. The Bertz CT molecular complexity index is 1300. The molecule has 3 rings (SSSR count). The van der Waals surface area contributed by atoms with E-state index in [9.17, 15) is 21.6 Å². The first-order valence-electron chi connectivity index (χ1n) is 11.2. The van der Waals surface area contributed by atoms with E-state index in [1.165, 1.54) is 12.1 Å². The molecular formula is C27H29F3O5S. The molecule has 5 nitrogen and oxygen atoms in total. The van der Waals surface area contributed by atoms with Crippen molar-refractivity contribution in [3.05, 3.63) is 66.7 Å². The molecule has 0 atom stereocenters. The van der Waals surface area contributed by atoms with Gasteiger partial charge in [0.25, 0.3) is 0 Å². The highest BCUT2D eigenvalue weighted by Crippen LogP contribution is 2.42. The number of ether oxygens (including phenoxy) is 2. The maximum Gasteiger partial charge on any atom is 0.534 e. The lowest BCUT2D eigenvalue weighted by Crippen LogP contribution is -2.28. The molecule has 0 aromatic heterocycles. The van der Waals surface area contributed by atoms with Crippen molar-refractivity contribution in [3.8, 4) is 39.5 Å². The average molecular weight is 523 g/mol. The van der Waals surface area contributed by atoms with Crippen LogP contribution in [0.3, 0.4) is 0 Å². The summed E-state index contributed by atoms with van der Waals surface area (Å²) in [5, 5.41) is 0. The van der Waals surface area contributed by atoms with E-state index < -0.39 is 32.6 Å². The quantitative estimate of drug-likeness (QED) is 0.246. The maximum absolute atomic E-state index is 13.1. The van der Waals surface area contributed by atoms with E-state index in [1.807, 2.05) is 41.5 Å². The number of alkyl halides is 3. The molecular weight excluding hydrogens is 493 g/mol. The maximum atomic E-state index is 13.1. The Kier molecular flexibility index (Phi) is 7.37. The minimum atomic E-state index is -5.88. The molecule has 0 N–H and O–H groups in total. The number of hydrogen-bond donors (Lipinski definition) is 0. The molecule has 0 unspecified atom stereocenters. The number of halogens is 3. The van der Waals surface area contributed by atoms with Gasteiger partial charge in [0.05, 0.1) is 0 Å². The van der Waals surface area contributed by atoms with Gasteiger partial charge >= 0.3 is 15.6 Å². The molecule has 0 heterocycles. The van der Waals surface area contributed by atoms with Gasteiger partial charge in [0.1, 0.15) is 22.7 Å². The molecule has 3 aromatic rings. The summed E-state index contributed by atoms with van der Waals surface area (Å²) in [6.45, 7) is 11.4. The second kappa shape index (κ2) is 9.69. The molecule has 0 amide bonds. The van der Waals surface area contributed by atoms with Crippen LogP contribution in [0.15, 0.2) is 66.7 Å². The Morgan fingerprint density at radius 1 is 0.639 bits per heavy atom. The fourth-order valence-electron chi connectivity index (χ4n) is 3.40. The second-order valence-corrected chi connectivity index (χ2v) is 11.7. The molecule has 0 aliphatic carbocycles. The third-order valence-electron chi connectivity index (χ3n) is 4.67. The molecule has 0 saturated heterocycles. The van der Waals surface area contributed by atoms with Gasteiger partial charge in [0, 0.05) is 5.56 Å². The monoisotopic (exact) mass is 522 g/mol. The summed E-state index contributed by atoms with van der Waals surface area (Å²) in [5.41, 5.74) is -4.68. The lowest BCUT2D eigenvalue weighted by Gasteiger charge is -2.22. The molecule has 9 heteroatoms. The predicted molar refractivity (Wildman–Crippen MR) is 134 cm³/mol. The number of hydrogen-bond acceptors (Lipinski definition) is 5. The fraction of sp³-hybridized carbons (Fsp3) is 0.333. The third kappa shape index (κ3) is 6.94. The lowest BCUT2D eigenvalue weighted by atomic mass is 9.93. The van der Waals surface area contributed by atoms with Crippen molar-refractivity contribution in [1.29, 1.82) is 0 Å². The molecule has 0 bridgehead atoms. The van der Waals surface area contributed by atoms with Crippen LogP contribution >= 0.6 is 0 Å². The van der Waals surface area contributed by atoms with Gasteiger partial charge in [0.2, 0.25) is 0 Å². The Labute approximate surface area is 210 Å². The van der Waals surface area contributed by atoms with Crippen LogP contribution < -0.4 is 13.7 Å². The molecule has 0 fully saturated rings. The van der Waals surface area contributed by atoms with Crippen molar-refractivity contribution in [2.75, 3.05) is 0 Å². The van der Waals surface area contributed by atoms with Crippen LogP contribution in [0.2, 0.25) is 0 Å². The predicted octanol–water partition coefficient (Wildman–Crippen LogP) is 7.60. The fourth-order valence-corrected chi connectivity index (χ4v) is 3.87. The van der Waals surface area contributed by atoms with Gasteiger partial charge < -0.3 is 13.7 Å². The molecule has 36 heavy (non-hydrogen) atoms. The van der Waals surface area contributed by atoms with Gasteiger partial charge in [-0.25, -0.2) is 0 Å². The summed E-state index contributed by atoms with van der Waals surface area (Å²) in [4.78, 5) is 0. The normalized spacial score (nSPS) is 12.8. The van der Waals surface area contributed by atoms with E-state index in [-0.39, 0.29) is 5.56 Å². The van der Waals surface area contributed by atoms with Crippen LogP contribution in [0.25, 0.3) is 22.3 Å². The van der Waals surface area contributed by atoms with Crippen LogP contribution in [0, 0.1) is 0 Å². The van der Waals surface area contributed by atoms with Crippen molar-refractivity contribution in [2.45, 2.75) is 58.3 Å². The Hall–Kier alpha value is -3.20. The van der Waals surface area contributed by atoms with Crippen LogP contribution in [-0.2, 0) is 10.1 Å². The van der Waals surface area contributed by atoms with Gasteiger partial charge in [-0.1, -0.05) is 36.4 Å². The summed E-state index contributed by atoms with van der Waals surface area (Å²) in [6.07, 6.45) is 0. The molecule has 0 aliphatic heterocycles. The molecule has 194 valence electrons. The van der Waals surface area contributed by atoms with E-state index in [1.54, 1.807) is 54.6 Å². The average Bonchev–Trinajstić information content (AvgIpc) is 2.72. The first-order chi connectivity index (χ1) is 16.5. The van der Waals surface area contributed by atoms with Crippen molar-refractivity contribution < 1.29 is 35.2 Å². The van der Waals surface area contributed by atoms with Gasteiger partial charge in [-0.15, -0.1) is 0 Å². The Morgan fingerprint density at radius 2 is 1.08 bits per heavy atom. The van der Waals surface area contributed by atoms with Crippen LogP contribution in [0.5, 0.6) is 17.2 Å². The van der Waals surface area contributed by atoms with Crippen molar-refractivity contribution in [2.24, 2.45) is 0 Å². The SMILES string of the molecule is CC(C)(C)Oc1ccc(-c2cccc(OS(=O)(=O)C(F)(F)F)c2-c2ccc(OC(C)(C)C)cc2)cc1. The number of rotatable bonds is 6. The second-order valence-electron chi connectivity index (χ2n) is 10.1. The van der Waals surface area contributed by atoms with Crippen LogP contribution in [0.1, 0.15) is 41.5 Å². The zero-order valence-corrected chi connectivity index (χ0v) is 21.8. The zero-order valence-electron chi connectivity index (χ0n) is 20.9. The minimum Gasteiger partial charge on any atom is -0.488 e. The highest BCUT2D eigenvalue weighted by molar-refractivity contribution is 7.88. The smallest absolute Gasteiger partial charge is 0.488 e. The molecule has 0 saturated carbocycles. The van der Waals surface area contributed by atoms with Crippen molar-refractivity contribution >= 4 is 10.1 Å². The van der Waals surface area contributed by atoms with Crippen LogP contribution in [-0.4, -0.2) is 25.1 Å². The zero-order chi connectivity index (χ0) is 26.9. The summed E-state index contributed by atoms with van der Waals surface area (Å²) in [6, 6.07) is 17.9. The topological polar surface area (TPSA) is 61.8 Å². The van der Waals surface area contributed by atoms with Crippen molar-refractivity contribution in [1.82, 2.24) is 0 Å². The van der Waals surface area contributed by atoms with E-state index in [0.29, 0.717) is 28.2 Å². The summed E-state index contributed by atoms with van der Waals surface area (Å²) in [5.74, 6) is 0.727. The highest BCUT2D eigenvalue weighted by atomic mass is 32.2. The van der Waals surface area contributed by atoms with Gasteiger partial charge in [-0.05, 0) is 88.6 Å². The lowest BCUT2D eigenvalue weighted by molar-refractivity contribution is -0.0499. The van der Waals surface area contributed by atoms with Crippen LogP contribution in [0.4, 0.5) is 13.2 Å². The van der Waals surface area contributed by atoms with E-state index in [4.69, 9.17) is 9.47 Å². The standard InChI is InChI=1S/C27H29F3O5S/c1-25(2,3)33-20-14-10-18(11-15-20)22-8-7-9-23(35-36(31,32)27(28,29)30)24(22)19-12-16-21(17-13-19)34-26(4,5)6/h7-17H,1-6H3. The summed E-state index contributed by atoms with van der Waals surface area (Å²) in [7, 11) is -5.88. The minimum absolute atomic E-state index is 0.192. The van der Waals surface area contributed by atoms with E-state index >= 15 is 0 Å². The van der Waals surface area contributed by atoms with E-state index in [0.717, 1.165) is 0 Å². The third-order valence-corrected chi connectivity index (χ3v) is 5.63. The Morgan fingerprint density at radius 3 is 1.50 bits per heavy atom. The van der Waals surface area contributed by atoms with E-state index in [2.05, 4.69) is 4.18 Å². The van der Waals surface area contributed by atoms with Gasteiger partial charge in [-0.2, -0.15) is 21.6 Å². The van der Waals surface area contributed by atoms with Gasteiger partial charge in [-0.3, -0.25) is 0 Å².